The van der Waals surface area contributed by atoms with Gasteiger partial charge in [-0.1, -0.05) is 41.6 Å². The summed E-state index contributed by atoms with van der Waals surface area (Å²) < 4.78 is 67.0. The van der Waals surface area contributed by atoms with Crippen molar-refractivity contribution in [3.8, 4) is 5.75 Å². The first-order valence-electron chi connectivity index (χ1n) is 9.06. The number of amides is 2. The SMILES string of the molecule is Cc1ccc(N2CS/C(=N/CC(F)(F)F)N(Cc3ccc(OC(F)F)cc3)C2=O)cc1. The summed E-state index contributed by atoms with van der Waals surface area (Å²) in [5, 5.41) is -0.0569. The Kier molecular flexibility index (Phi) is 7.04. The second-order valence-corrected chi connectivity index (χ2v) is 7.55. The quantitative estimate of drug-likeness (QED) is 0.525. The van der Waals surface area contributed by atoms with Crippen LogP contribution in [0.25, 0.3) is 0 Å². The van der Waals surface area contributed by atoms with Crippen molar-refractivity contribution in [2.45, 2.75) is 26.3 Å². The molecule has 0 unspecified atom stereocenters. The number of alkyl halides is 5. The standard InChI is InChI=1S/C20H18F5N3O2S/c1-13-2-6-15(7-3-13)28-12-31-18(26-11-20(23,24)25)27(19(28)29)10-14-4-8-16(9-5-14)30-17(21)22/h2-9,17H,10-12H2,1H3/b26-18+. The molecule has 31 heavy (non-hydrogen) atoms. The molecular formula is C20H18F5N3O2S. The molecule has 1 heterocycles. The van der Waals surface area contributed by atoms with Gasteiger partial charge >= 0.3 is 18.8 Å². The van der Waals surface area contributed by atoms with E-state index >= 15 is 0 Å². The summed E-state index contributed by atoms with van der Waals surface area (Å²) in [6, 6.07) is 12.1. The summed E-state index contributed by atoms with van der Waals surface area (Å²) in [4.78, 5) is 19.3. The molecule has 3 rings (SSSR count). The van der Waals surface area contributed by atoms with Gasteiger partial charge in [0.2, 0.25) is 0 Å². The predicted molar refractivity (Wildman–Crippen MR) is 108 cm³/mol. The van der Waals surface area contributed by atoms with Crippen molar-refractivity contribution in [3.63, 3.8) is 0 Å². The maximum atomic E-state index is 13.1. The lowest BCUT2D eigenvalue weighted by atomic mass is 10.2. The molecule has 0 aromatic heterocycles. The van der Waals surface area contributed by atoms with Crippen LogP contribution < -0.4 is 9.64 Å². The first kappa shape index (κ1) is 22.9. The van der Waals surface area contributed by atoms with E-state index in [4.69, 9.17) is 0 Å². The minimum atomic E-state index is -4.51. The van der Waals surface area contributed by atoms with E-state index in [1.807, 2.05) is 19.1 Å². The summed E-state index contributed by atoms with van der Waals surface area (Å²) in [6.45, 7) is -2.58. The molecule has 0 spiro atoms. The largest absolute Gasteiger partial charge is 0.435 e. The van der Waals surface area contributed by atoms with Gasteiger partial charge < -0.3 is 4.74 Å². The lowest BCUT2D eigenvalue weighted by molar-refractivity contribution is -0.118. The number of thioether (sulfide) groups is 1. The lowest BCUT2D eigenvalue weighted by Crippen LogP contribution is -2.50. The van der Waals surface area contributed by atoms with Crippen LogP contribution in [0, 0.1) is 6.92 Å². The first-order valence-corrected chi connectivity index (χ1v) is 10.0. The van der Waals surface area contributed by atoms with Gasteiger partial charge in [0.25, 0.3) is 0 Å². The van der Waals surface area contributed by atoms with Crippen LogP contribution in [0.5, 0.6) is 5.75 Å². The van der Waals surface area contributed by atoms with Crippen LogP contribution in [0.1, 0.15) is 11.1 Å². The van der Waals surface area contributed by atoms with Crippen LogP contribution in [0.15, 0.2) is 53.5 Å². The van der Waals surface area contributed by atoms with Crippen molar-refractivity contribution in [2.24, 2.45) is 4.99 Å². The molecule has 11 heteroatoms. The summed E-state index contributed by atoms with van der Waals surface area (Å²) in [5.74, 6) is 0.0429. The number of ether oxygens (including phenoxy) is 1. The number of hydrogen-bond donors (Lipinski definition) is 0. The van der Waals surface area contributed by atoms with Crippen LogP contribution in [-0.4, -0.2) is 41.3 Å². The Bertz CT molecular complexity index is 933. The van der Waals surface area contributed by atoms with Gasteiger partial charge in [0.1, 0.15) is 12.3 Å². The van der Waals surface area contributed by atoms with E-state index in [0.717, 1.165) is 22.2 Å². The van der Waals surface area contributed by atoms with E-state index in [1.54, 1.807) is 12.1 Å². The van der Waals surface area contributed by atoms with Gasteiger partial charge in [-0.25, -0.2) is 4.79 Å². The number of urea groups is 1. The van der Waals surface area contributed by atoms with Gasteiger partial charge in [-0.2, -0.15) is 22.0 Å². The zero-order chi connectivity index (χ0) is 22.6. The number of nitrogens with zero attached hydrogens (tertiary/aromatic N) is 3. The third kappa shape index (κ3) is 6.33. The van der Waals surface area contributed by atoms with Gasteiger partial charge in [-0.15, -0.1) is 0 Å². The molecule has 0 saturated carbocycles. The minimum Gasteiger partial charge on any atom is -0.435 e. The number of aryl methyl sites for hydroxylation is 1. The molecule has 0 N–H and O–H groups in total. The maximum absolute atomic E-state index is 13.1. The normalized spacial score (nSPS) is 16.4. The summed E-state index contributed by atoms with van der Waals surface area (Å²) >= 11 is 1.01. The third-order valence-electron chi connectivity index (χ3n) is 4.24. The fourth-order valence-corrected chi connectivity index (χ4v) is 3.73. The van der Waals surface area contributed by atoms with Gasteiger partial charge in [0.15, 0.2) is 5.17 Å². The molecule has 1 fully saturated rings. The van der Waals surface area contributed by atoms with E-state index < -0.39 is 25.4 Å². The molecule has 1 saturated heterocycles. The van der Waals surface area contributed by atoms with Gasteiger partial charge in [0.05, 0.1) is 12.4 Å². The van der Waals surface area contributed by atoms with Gasteiger partial charge in [-0.3, -0.25) is 14.8 Å². The van der Waals surface area contributed by atoms with Gasteiger partial charge in [-0.05, 0) is 36.8 Å². The van der Waals surface area contributed by atoms with Crippen molar-refractivity contribution in [2.75, 3.05) is 17.3 Å². The molecule has 1 aliphatic heterocycles. The number of carbonyl (C=O) groups excluding carboxylic acids is 1. The molecule has 0 atom stereocenters. The highest BCUT2D eigenvalue weighted by Crippen LogP contribution is 2.29. The fraction of sp³-hybridized carbons (Fsp3) is 0.300. The average molecular weight is 459 g/mol. The molecule has 1 aliphatic rings. The van der Waals surface area contributed by atoms with E-state index in [1.165, 1.54) is 29.2 Å². The smallest absolute Gasteiger partial charge is 0.408 e. The predicted octanol–water partition coefficient (Wildman–Crippen LogP) is 5.65. The van der Waals surface area contributed by atoms with Crippen LogP contribution in [-0.2, 0) is 6.54 Å². The molecule has 2 aromatic carbocycles. The van der Waals surface area contributed by atoms with Crippen molar-refractivity contribution in [1.82, 2.24) is 4.90 Å². The Morgan fingerprint density at radius 3 is 2.32 bits per heavy atom. The molecule has 0 radical (unpaired) electrons. The second-order valence-electron chi connectivity index (χ2n) is 6.64. The number of amidine groups is 1. The van der Waals surface area contributed by atoms with E-state index in [9.17, 15) is 26.7 Å². The zero-order valence-corrected chi connectivity index (χ0v) is 17.1. The van der Waals surface area contributed by atoms with Crippen LogP contribution >= 0.6 is 11.8 Å². The van der Waals surface area contributed by atoms with Crippen LogP contribution in [0.3, 0.4) is 0 Å². The molecule has 166 valence electrons. The highest BCUT2D eigenvalue weighted by molar-refractivity contribution is 8.14. The molecular weight excluding hydrogens is 441 g/mol. The maximum Gasteiger partial charge on any atom is 0.408 e. The number of benzene rings is 2. The van der Waals surface area contributed by atoms with Gasteiger partial charge in [0, 0.05) is 5.69 Å². The highest BCUT2D eigenvalue weighted by Gasteiger charge is 2.34. The van der Waals surface area contributed by atoms with E-state index in [0.29, 0.717) is 11.3 Å². The molecule has 2 amide bonds. The molecule has 0 bridgehead atoms. The average Bonchev–Trinajstić information content (AvgIpc) is 2.69. The Balaban J connectivity index is 1.85. The Labute approximate surface area is 179 Å². The monoisotopic (exact) mass is 459 g/mol. The third-order valence-corrected chi connectivity index (χ3v) is 5.24. The first-order chi connectivity index (χ1) is 14.6. The minimum absolute atomic E-state index is 0.0569. The van der Waals surface area contributed by atoms with Crippen LogP contribution in [0.4, 0.5) is 32.4 Å². The fourth-order valence-electron chi connectivity index (χ4n) is 2.78. The summed E-state index contributed by atoms with van der Waals surface area (Å²) in [7, 11) is 0. The van der Waals surface area contributed by atoms with Crippen LogP contribution in [0.2, 0.25) is 0 Å². The van der Waals surface area contributed by atoms with Crippen molar-refractivity contribution in [3.05, 3.63) is 59.7 Å². The lowest BCUT2D eigenvalue weighted by Gasteiger charge is -2.36. The Morgan fingerprint density at radius 1 is 1.10 bits per heavy atom. The molecule has 5 nitrogen and oxygen atoms in total. The Morgan fingerprint density at radius 2 is 1.74 bits per heavy atom. The number of hydrogen-bond acceptors (Lipinski definition) is 4. The van der Waals surface area contributed by atoms with E-state index in [-0.39, 0.29) is 23.3 Å². The molecule has 2 aromatic rings. The topological polar surface area (TPSA) is 45.1 Å². The summed E-state index contributed by atoms with van der Waals surface area (Å²) in [6.07, 6.45) is -4.51. The van der Waals surface area contributed by atoms with E-state index in [2.05, 4.69) is 9.73 Å². The number of rotatable bonds is 6. The number of anilines is 1. The van der Waals surface area contributed by atoms with Crippen molar-refractivity contribution < 1.29 is 31.5 Å². The second kappa shape index (κ2) is 9.54. The number of halogens is 5. The molecule has 0 aliphatic carbocycles. The van der Waals surface area contributed by atoms with Crippen molar-refractivity contribution in [1.29, 1.82) is 0 Å². The van der Waals surface area contributed by atoms with Crippen molar-refractivity contribution >= 4 is 28.6 Å². The zero-order valence-electron chi connectivity index (χ0n) is 16.3. The Hall–Kier alpha value is -2.82. The highest BCUT2D eigenvalue weighted by atomic mass is 32.2. The number of aliphatic imine (C=N–C) groups is 1. The summed E-state index contributed by atoms with van der Waals surface area (Å²) in [5.41, 5.74) is 2.11. The number of carbonyl (C=O) groups is 1.